The second-order valence-corrected chi connectivity index (χ2v) is 6.55. The first-order valence-corrected chi connectivity index (χ1v) is 8.72. The standard InChI is InChI=1S/C18H24FN5O/c1-13-21-17(22-24(13)16-7-5-14(19)6-8-16)18(25)20-11-3-4-12-23(2)15-9-10-15/h5-8,15H,3-4,9-12H2,1-2H3,(H,20,25). The summed E-state index contributed by atoms with van der Waals surface area (Å²) >= 11 is 0. The zero-order chi connectivity index (χ0) is 17.8. The summed E-state index contributed by atoms with van der Waals surface area (Å²) in [6.07, 6.45) is 4.62. The van der Waals surface area contributed by atoms with Gasteiger partial charge in [0, 0.05) is 12.6 Å². The van der Waals surface area contributed by atoms with Crippen LogP contribution in [0.1, 0.15) is 42.1 Å². The molecular weight excluding hydrogens is 321 g/mol. The lowest BCUT2D eigenvalue weighted by Gasteiger charge is -2.14. The number of hydrogen-bond acceptors (Lipinski definition) is 4. The number of nitrogens with one attached hydrogen (secondary N) is 1. The Hall–Kier alpha value is -2.28. The fourth-order valence-electron chi connectivity index (χ4n) is 2.78. The van der Waals surface area contributed by atoms with E-state index in [1.54, 1.807) is 23.7 Å². The molecule has 1 aliphatic rings. The van der Waals surface area contributed by atoms with Crippen LogP contribution in [-0.4, -0.2) is 51.8 Å². The zero-order valence-corrected chi connectivity index (χ0v) is 14.7. The molecule has 1 saturated carbocycles. The first kappa shape index (κ1) is 17.5. The average Bonchev–Trinajstić information content (AvgIpc) is 3.38. The fraction of sp³-hybridized carbons (Fsp3) is 0.500. The number of benzene rings is 1. The van der Waals surface area contributed by atoms with Crippen molar-refractivity contribution in [3.8, 4) is 5.69 Å². The SMILES string of the molecule is Cc1nc(C(=O)NCCCCN(C)C2CC2)nn1-c1ccc(F)cc1. The summed E-state index contributed by atoms with van der Waals surface area (Å²) in [4.78, 5) is 18.8. The topological polar surface area (TPSA) is 63.1 Å². The second-order valence-electron chi connectivity index (χ2n) is 6.55. The number of carbonyl (C=O) groups excluding carboxylic acids is 1. The van der Waals surface area contributed by atoms with Gasteiger partial charge in [0.2, 0.25) is 5.82 Å². The van der Waals surface area contributed by atoms with Gasteiger partial charge in [0.25, 0.3) is 5.91 Å². The molecule has 1 aromatic heterocycles. The number of rotatable bonds is 8. The van der Waals surface area contributed by atoms with Gasteiger partial charge in [0.05, 0.1) is 5.69 Å². The third-order valence-corrected chi connectivity index (χ3v) is 4.44. The van der Waals surface area contributed by atoms with Crippen LogP contribution in [0, 0.1) is 12.7 Å². The van der Waals surface area contributed by atoms with Crippen molar-refractivity contribution in [2.75, 3.05) is 20.1 Å². The van der Waals surface area contributed by atoms with E-state index in [0.29, 0.717) is 18.1 Å². The molecule has 1 N–H and O–H groups in total. The molecule has 0 aliphatic heterocycles. The molecule has 1 heterocycles. The molecule has 0 atom stereocenters. The summed E-state index contributed by atoms with van der Waals surface area (Å²) in [5.74, 6) is 0.131. The molecule has 1 aromatic carbocycles. The van der Waals surface area contributed by atoms with Crippen LogP contribution in [0.25, 0.3) is 5.69 Å². The molecule has 7 heteroatoms. The van der Waals surface area contributed by atoms with E-state index in [4.69, 9.17) is 0 Å². The maximum absolute atomic E-state index is 13.0. The predicted octanol–water partition coefficient (Wildman–Crippen LogP) is 2.32. The van der Waals surface area contributed by atoms with Crippen molar-refractivity contribution in [3.05, 3.63) is 41.7 Å². The number of aryl methyl sites for hydroxylation is 1. The smallest absolute Gasteiger partial charge is 0.290 e. The van der Waals surface area contributed by atoms with Crippen molar-refractivity contribution in [1.29, 1.82) is 0 Å². The van der Waals surface area contributed by atoms with Gasteiger partial charge in [-0.2, -0.15) is 0 Å². The molecule has 1 aliphatic carbocycles. The van der Waals surface area contributed by atoms with E-state index >= 15 is 0 Å². The Bertz CT molecular complexity index is 724. The highest BCUT2D eigenvalue weighted by molar-refractivity contribution is 5.90. The third kappa shape index (κ3) is 4.63. The Labute approximate surface area is 147 Å². The summed E-state index contributed by atoms with van der Waals surface area (Å²) in [5.41, 5.74) is 0.675. The van der Waals surface area contributed by atoms with Crippen molar-refractivity contribution in [2.24, 2.45) is 0 Å². The highest BCUT2D eigenvalue weighted by Gasteiger charge is 2.25. The van der Waals surface area contributed by atoms with Crippen LogP contribution in [0.5, 0.6) is 0 Å². The Morgan fingerprint density at radius 3 is 2.72 bits per heavy atom. The maximum atomic E-state index is 13.0. The number of amides is 1. The number of nitrogens with zero attached hydrogens (tertiary/aromatic N) is 4. The summed E-state index contributed by atoms with van der Waals surface area (Å²) in [6, 6.07) is 6.70. The molecule has 2 aromatic rings. The van der Waals surface area contributed by atoms with Crippen LogP contribution in [0.4, 0.5) is 4.39 Å². The number of hydrogen-bond donors (Lipinski definition) is 1. The Kier molecular flexibility index (Phi) is 5.43. The predicted molar refractivity (Wildman–Crippen MR) is 93.3 cm³/mol. The summed E-state index contributed by atoms with van der Waals surface area (Å²) < 4.78 is 14.6. The van der Waals surface area contributed by atoms with E-state index in [9.17, 15) is 9.18 Å². The van der Waals surface area contributed by atoms with E-state index in [1.807, 2.05) is 0 Å². The molecule has 0 unspecified atom stereocenters. The Morgan fingerprint density at radius 2 is 2.04 bits per heavy atom. The molecule has 25 heavy (non-hydrogen) atoms. The van der Waals surface area contributed by atoms with Gasteiger partial charge < -0.3 is 10.2 Å². The molecule has 0 saturated heterocycles. The first-order chi connectivity index (χ1) is 12.0. The van der Waals surface area contributed by atoms with Crippen molar-refractivity contribution < 1.29 is 9.18 Å². The molecule has 1 fully saturated rings. The number of halogens is 1. The van der Waals surface area contributed by atoms with Gasteiger partial charge >= 0.3 is 0 Å². The molecule has 134 valence electrons. The first-order valence-electron chi connectivity index (χ1n) is 8.72. The summed E-state index contributed by atoms with van der Waals surface area (Å²) in [5, 5.41) is 7.09. The van der Waals surface area contributed by atoms with Gasteiger partial charge in [0.15, 0.2) is 0 Å². The van der Waals surface area contributed by atoms with Gasteiger partial charge in [-0.05, 0) is 70.5 Å². The van der Waals surface area contributed by atoms with Crippen LogP contribution in [-0.2, 0) is 0 Å². The number of aromatic nitrogens is 3. The highest BCUT2D eigenvalue weighted by atomic mass is 19.1. The van der Waals surface area contributed by atoms with Gasteiger partial charge in [-0.1, -0.05) is 0 Å². The summed E-state index contributed by atoms with van der Waals surface area (Å²) in [6.45, 7) is 3.44. The Morgan fingerprint density at radius 1 is 1.32 bits per heavy atom. The van der Waals surface area contributed by atoms with E-state index in [-0.39, 0.29) is 17.5 Å². The Balaban J connectivity index is 1.48. The number of unbranched alkanes of at least 4 members (excludes halogenated alkanes) is 1. The molecule has 3 rings (SSSR count). The van der Waals surface area contributed by atoms with Crippen molar-refractivity contribution in [2.45, 2.75) is 38.6 Å². The minimum Gasteiger partial charge on any atom is -0.349 e. The normalized spacial score (nSPS) is 14.1. The largest absolute Gasteiger partial charge is 0.349 e. The lowest BCUT2D eigenvalue weighted by molar-refractivity contribution is 0.0942. The zero-order valence-electron chi connectivity index (χ0n) is 14.7. The lowest BCUT2D eigenvalue weighted by Crippen LogP contribution is -2.27. The van der Waals surface area contributed by atoms with Crippen LogP contribution in [0.2, 0.25) is 0 Å². The van der Waals surface area contributed by atoms with E-state index in [0.717, 1.165) is 25.4 Å². The molecule has 0 bridgehead atoms. The van der Waals surface area contributed by atoms with E-state index in [1.165, 1.54) is 25.0 Å². The van der Waals surface area contributed by atoms with Gasteiger partial charge in [0.1, 0.15) is 11.6 Å². The molecule has 0 spiro atoms. The van der Waals surface area contributed by atoms with Crippen molar-refractivity contribution in [3.63, 3.8) is 0 Å². The van der Waals surface area contributed by atoms with Crippen molar-refractivity contribution in [1.82, 2.24) is 25.0 Å². The molecule has 6 nitrogen and oxygen atoms in total. The molecule has 0 radical (unpaired) electrons. The minimum atomic E-state index is -0.313. The van der Waals surface area contributed by atoms with Crippen molar-refractivity contribution >= 4 is 5.91 Å². The van der Waals surface area contributed by atoms with Crippen LogP contribution < -0.4 is 5.32 Å². The number of carbonyl (C=O) groups is 1. The lowest BCUT2D eigenvalue weighted by atomic mass is 10.3. The highest BCUT2D eigenvalue weighted by Crippen LogP contribution is 2.25. The quantitative estimate of drug-likeness (QED) is 0.746. The van der Waals surface area contributed by atoms with Crippen LogP contribution in [0.15, 0.2) is 24.3 Å². The monoisotopic (exact) mass is 345 g/mol. The minimum absolute atomic E-state index is 0.136. The summed E-state index contributed by atoms with van der Waals surface area (Å²) in [7, 11) is 2.16. The van der Waals surface area contributed by atoms with Crippen LogP contribution >= 0.6 is 0 Å². The van der Waals surface area contributed by atoms with E-state index < -0.39 is 0 Å². The molecule has 1 amide bonds. The van der Waals surface area contributed by atoms with Crippen LogP contribution in [0.3, 0.4) is 0 Å². The molecular formula is C18H24FN5O. The van der Waals surface area contributed by atoms with Gasteiger partial charge in [-0.15, -0.1) is 5.10 Å². The van der Waals surface area contributed by atoms with Gasteiger partial charge in [-0.3, -0.25) is 4.79 Å². The average molecular weight is 345 g/mol. The van der Waals surface area contributed by atoms with Gasteiger partial charge in [-0.25, -0.2) is 14.1 Å². The maximum Gasteiger partial charge on any atom is 0.290 e. The second kappa shape index (κ2) is 7.74. The third-order valence-electron chi connectivity index (χ3n) is 4.44. The fourth-order valence-corrected chi connectivity index (χ4v) is 2.78. The van der Waals surface area contributed by atoms with E-state index in [2.05, 4.69) is 27.3 Å².